The molecule has 1 aromatic heterocycles. The number of H-pyrrole nitrogens is 1. The van der Waals surface area contributed by atoms with Crippen LogP contribution in [0.4, 0.5) is 5.95 Å². The summed E-state index contributed by atoms with van der Waals surface area (Å²) < 4.78 is 11.3. The normalized spacial score (nSPS) is 12.2. The Kier molecular flexibility index (Phi) is 4.02. The lowest BCUT2D eigenvalue weighted by Gasteiger charge is -2.04. The Bertz CT molecular complexity index is 824. The zero-order chi connectivity index (χ0) is 15.5. The lowest BCUT2D eigenvalue weighted by atomic mass is 10.1. The van der Waals surface area contributed by atoms with Crippen molar-refractivity contribution >= 4 is 33.7 Å². The number of fused-ring (bicyclic) bond motifs is 1. The van der Waals surface area contributed by atoms with Crippen LogP contribution in [-0.4, -0.2) is 26.3 Å². The van der Waals surface area contributed by atoms with Crippen molar-refractivity contribution in [1.29, 1.82) is 0 Å². The van der Waals surface area contributed by atoms with Gasteiger partial charge >= 0.3 is 0 Å². The van der Waals surface area contributed by atoms with E-state index in [-0.39, 0.29) is 5.91 Å². The molecule has 0 saturated carbocycles. The first kappa shape index (κ1) is 14.5. The van der Waals surface area contributed by atoms with Crippen molar-refractivity contribution in [2.75, 3.05) is 11.6 Å². The summed E-state index contributed by atoms with van der Waals surface area (Å²) in [5.74, 6) is 0.602. The second kappa shape index (κ2) is 6.11. The first-order chi connectivity index (χ1) is 10.6. The van der Waals surface area contributed by atoms with Gasteiger partial charge in [-0.25, -0.2) is 4.98 Å². The molecule has 3 aromatic rings. The van der Waals surface area contributed by atoms with Crippen LogP contribution in [0.2, 0.25) is 0 Å². The van der Waals surface area contributed by atoms with E-state index < -0.39 is 10.8 Å². The fourth-order valence-electron chi connectivity index (χ4n) is 2.23. The average Bonchev–Trinajstić information content (AvgIpc) is 2.89. The van der Waals surface area contributed by atoms with Gasteiger partial charge in [-0.05, 0) is 29.8 Å². The van der Waals surface area contributed by atoms with Gasteiger partial charge in [0.25, 0.3) is 5.91 Å². The number of hydrogen-bond acceptors (Lipinski definition) is 3. The number of aromatic amines is 1. The third kappa shape index (κ3) is 3.23. The van der Waals surface area contributed by atoms with Crippen LogP contribution in [0.1, 0.15) is 15.9 Å². The summed E-state index contributed by atoms with van der Waals surface area (Å²) in [7, 11) is -0.937. The minimum Gasteiger partial charge on any atom is -0.324 e. The summed E-state index contributed by atoms with van der Waals surface area (Å²) in [6.07, 6.45) is 1.64. The third-order valence-corrected chi connectivity index (χ3v) is 3.92. The summed E-state index contributed by atoms with van der Waals surface area (Å²) in [6, 6.07) is 14.7. The van der Waals surface area contributed by atoms with E-state index in [0.717, 1.165) is 16.6 Å². The van der Waals surface area contributed by atoms with Gasteiger partial charge in [0.2, 0.25) is 5.95 Å². The van der Waals surface area contributed by atoms with Gasteiger partial charge in [0.15, 0.2) is 0 Å². The topological polar surface area (TPSA) is 74.8 Å². The van der Waals surface area contributed by atoms with E-state index in [4.69, 9.17) is 0 Å². The van der Waals surface area contributed by atoms with Gasteiger partial charge in [0.1, 0.15) is 0 Å². The van der Waals surface area contributed by atoms with E-state index >= 15 is 0 Å². The van der Waals surface area contributed by atoms with Crippen LogP contribution in [0.5, 0.6) is 0 Å². The Morgan fingerprint density at radius 1 is 1.23 bits per heavy atom. The van der Waals surface area contributed by atoms with Gasteiger partial charge in [0.05, 0.1) is 11.0 Å². The molecule has 1 amide bonds. The number of nitrogens with one attached hydrogen (secondary N) is 2. The van der Waals surface area contributed by atoms with Crippen LogP contribution in [0.3, 0.4) is 0 Å². The number of benzene rings is 2. The largest absolute Gasteiger partial charge is 0.324 e. The van der Waals surface area contributed by atoms with Crippen LogP contribution >= 0.6 is 0 Å². The molecule has 0 aliphatic rings. The molecule has 0 aliphatic heterocycles. The third-order valence-electron chi connectivity index (χ3n) is 3.18. The fraction of sp³-hybridized carbons (Fsp3) is 0.125. The minimum atomic E-state index is -0.937. The zero-order valence-corrected chi connectivity index (χ0v) is 12.8. The maximum Gasteiger partial charge on any atom is 0.257 e. The molecule has 2 N–H and O–H groups in total. The average molecular weight is 313 g/mol. The van der Waals surface area contributed by atoms with Crippen LogP contribution < -0.4 is 5.32 Å². The SMILES string of the molecule is CS(=O)Cc1cccc(C(=O)Nc2nc3ccccc3[nH]2)c1. The predicted molar refractivity (Wildman–Crippen MR) is 88.3 cm³/mol. The van der Waals surface area contributed by atoms with Crippen molar-refractivity contribution in [3.05, 3.63) is 59.7 Å². The van der Waals surface area contributed by atoms with Crippen LogP contribution in [0.25, 0.3) is 11.0 Å². The second-order valence-corrected chi connectivity index (χ2v) is 6.41. The molecular formula is C16H15N3O2S. The highest BCUT2D eigenvalue weighted by Crippen LogP contribution is 2.15. The molecule has 0 saturated heterocycles. The van der Waals surface area contributed by atoms with Crippen molar-refractivity contribution < 1.29 is 9.00 Å². The Hall–Kier alpha value is -2.47. The molecule has 1 atom stereocenters. The number of rotatable bonds is 4. The predicted octanol–water partition coefficient (Wildman–Crippen LogP) is 2.69. The number of carbonyl (C=O) groups is 1. The van der Waals surface area contributed by atoms with Crippen molar-refractivity contribution in [3.63, 3.8) is 0 Å². The Balaban J connectivity index is 1.80. The Labute approximate surface area is 130 Å². The zero-order valence-electron chi connectivity index (χ0n) is 12.0. The van der Waals surface area contributed by atoms with Crippen molar-refractivity contribution in [2.24, 2.45) is 0 Å². The Morgan fingerprint density at radius 2 is 2.05 bits per heavy atom. The maximum atomic E-state index is 12.3. The molecule has 1 heterocycles. The van der Waals surface area contributed by atoms with Gasteiger partial charge in [-0.1, -0.05) is 24.3 Å². The molecule has 0 spiro atoms. The number of hydrogen-bond donors (Lipinski definition) is 2. The number of anilines is 1. The Morgan fingerprint density at radius 3 is 2.82 bits per heavy atom. The molecule has 2 aromatic carbocycles. The molecular weight excluding hydrogens is 298 g/mol. The van der Waals surface area contributed by atoms with E-state index in [0.29, 0.717) is 17.3 Å². The number of amides is 1. The summed E-state index contributed by atoms with van der Waals surface area (Å²) in [5.41, 5.74) is 3.06. The number of nitrogens with zero attached hydrogens (tertiary/aromatic N) is 1. The smallest absolute Gasteiger partial charge is 0.257 e. The number of carbonyl (C=O) groups excluding carboxylic acids is 1. The minimum absolute atomic E-state index is 0.247. The van der Waals surface area contributed by atoms with Gasteiger partial charge in [-0.2, -0.15) is 0 Å². The first-order valence-electron chi connectivity index (χ1n) is 6.77. The highest BCUT2D eigenvalue weighted by Gasteiger charge is 2.10. The van der Waals surface area contributed by atoms with Gasteiger partial charge in [-0.3, -0.25) is 14.3 Å². The number of imidazole rings is 1. The standard InChI is InChI=1S/C16H15N3O2S/c1-22(21)10-11-5-4-6-12(9-11)15(20)19-16-17-13-7-2-3-8-14(13)18-16/h2-9H,10H2,1H3,(H2,17,18,19,20). The fourth-order valence-corrected chi connectivity index (χ4v) is 2.88. The molecule has 1 unspecified atom stereocenters. The highest BCUT2D eigenvalue weighted by atomic mass is 32.2. The lowest BCUT2D eigenvalue weighted by molar-refractivity contribution is 0.102. The number of aromatic nitrogens is 2. The first-order valence-corrected chi connectivity index (χ1v) is 8.49. The molecule has 22 heavy (non-hydrogen) atoms. The van der Waals surface area contributed by atoms with Crippen molar-refractivity contribution in [3.8, 4) is 0 Å². The number of para-hydroxylation sites is 2. The van der Waals surface area contributed by atoms with Crippen LogP contribution in [0.15, 0.2) is 48.5 Å². The molecule has 0 fully saturated rings. The maximum absolute atomic E-state index is 12.3. The molecule has 5 nitrogen and oxygen atoms in total. The lowest BCUT2D eigenvalue weighted by Crippen LogP contribution is -2.13. The van der Waals surface area contributed by atoms with Gasteiger partial charge in [0, 0.05) is 28.4 Å². The van der Waals surface area contributed by atoms with E-state index in [2.05, 4.69) is 15.3 Å². The summed E-state index contributed by atoms with van der Waals surface area (Å²) in [4.78, 5) is 19.6. The van der Waals surface area contributed by atoms with Crippen molar-refractivity contribution in [1.82, 2.24) is 9.97 Å². The monoisotopic (exact) mass is 313 g/mol. The molecule has 0 bridgehead atoms. The van der Waals surface area contributed by atoms with E-state index in [1.807, 2.05) is 30.3 Å². The van der Waals surface area contributed by atoms with Gasteiger partial charge < -0.3 is 4.98 Å². The quantitative estimate of drug-likeness (QED) is 0.777. The summed E-state index contributed by atoms with van der Waals surface area (Å²) in [5, 5.41) is 2.75. The summed E-state index contributed by atoms with van der Waals surface area (Å²) >= 11 is 0. The van der Waals surface area contributed by atoms with E-state index in [1.54, 1.807) is 24.5 Å². The van der Waals surface area contributed by atoms with Crippen molar-refractivity contribution in [2.45, 2.75) is 5.75 Å². The molecule has 6 heteroatoms. The molecule has 3 rings (SSSR count). The van der Waals surface area contributed by atoms with E-state index in [1.165, 1.54) is 0 Å². The van der Waals surface area contributed by atoms with Crippen LogP contribution in [-0.2, 0) is 16.6 Å². The molecule has 0 radical (unpaired) electrons. The second-order valence-electron chi connectivity index (χ2n) is 4.97. The van der Waals surface area contributed by atoms with E-state index in [9.17, 15) is 9.00 Å². The molecule has 0 aliphatic carbocycles. The van der Waals surface area contributed by atoms with Crippen LogP contribution in [0, 0.1) is 0 Å². The molecule has 112 valence electrons. The highest BCUT2D eigenvalue weighted by molar-refractivity contribution is 7.83. The van der Waals surface area contributed by atoms with Gasteiger partial charge in [-0.15, -0.1) is 0 Å². The summed E-state index contributed by atoms with van der Waals surface area (Å²) in [6.45, 7) is 0.